The number of halogens is 4. The molecule has 1 rings (SSSR count). The van der Waals surface area contributed by atoms with Crippen molar-refractivity contribution >= 4 is 11.3 Å². The first-order chi connectivity index (χ1) is 4.50. The van der Waals surface area contributed by atoms with Gasteiger partial charge >= 0.3 is 6.18 Å². The molecule has 1 nitrogen and oxygen atoms in total. The van der Waals surface area contributed by atoms with E-state index in [4.69, 9.17) is 0 Å². The molecule has 0 atom stereocenters. The van der Waals surface area contributed by atoms with Crippen molar-refractivity contribution in [1.82, 2.24) is 4.98 Å². The first-order valence-electron chi connectivity index (χ1n) is 2.18. The van der Waals surface area contributed by atoms with Crippen molar-refractivity contribution in [3.05, 3.63) is 16.3 Å². The molecule has 0 aliphatic rings. The van der Waals surface area contributed by atoms with Gasteiger partial charge in [-0.15, -0.1) is 0 Å². The molecule has 0 N–H and O–H groups in total. The Labute approximate surface area is 57.3 Å². The molecule has 56 valence electrons. The van der Waals surface area contributed by atoms with Crippen LogP contribution in [0.5, 0.6) is 0 Å². The zero-order valence-corrected chi connectivity index (χ0v) is 5.26. The van der Waals surface area contributed by atoms with Crippen molar-refractivity contribution in [2.45, 2.75) is 6.18 Å². The van der Waals surface area contributed by atoms with Gasteiger partial charge in [-0.2, -0.15) is 17.6 Å². The van der Waals surface area contributed by atoms with Crippen LogP contribution < -0.4 is 0 Å². The van der Waals surface area contributed by atoms with Gasteiger partial charge in [-0.3, -0.25) is 0 Å². The summed E-state index contributed by atoms with van der Waals surface area (Å²) in [5.41, 5.74) is 0. The third-order valence-corrected chi connectivity index (χ3v) is 1.55. The number of aromatic nitrogens is 1. The molecule has 0 radical (unpaired) electrons. The van der Waals surface area contributed by atoms with Gasteiger partial charge < -0.3 is 0 Å². The standard InChI is InChI=1S/C4HF4NS/c5-2-1-9-3(10-2)4(6,7)8/h1H. The van der Waals surface area contributed by atoms with E-state index in [0.29, 0.717) is 6.20 Å². The van der Waals surface area contributed by atoms with Gasteiger partial charge in [0.05, 0.1) is 6.20 Å². The number of thiazole rings is 1. The highest BCUT2D eigenvalue weighted by Gasteiger charge is 2.34. The third kappa shape index (κ3) is 1.44. The van der Waals surface area contributed by atoms with Gasteiger partial charge in [0.1, 0.15) is 0 Å². The zero-order valence-electron chi connectivity index (χ0n) is 4.44. The van der Waals surface area contributed by atoms with E-state index in [0.717, 1.165) is 0 Å². The van der Waals surface area contributed by atoms with E-state index in [1.54, 1.807) is 0 Å². The lowest BCUT2D eigenvalue weighted by Gasteiger charge is -1.97. The lowest BCUT2D eigenvalue weighted by molar-refractivity contribution is -0.137. The van der Waals surface area contributed by atoms with Crippen molar-refractivity contribution in [2.75, 3.05) is 0 Å². The average Bonchev–Trinajstić information content (AvgIpc) is 2.11. The van der Waals surface area contributed by atoms with Crippen LogP contribution >= 0.6 is 11.3 Å². The highest BCUT2D eigenvalue weighted by Crippen LogP contribution is 2.31. The number of rotatable bonds is 0. The first-order valence-corrected chi connectivity index (χ1v) is 3.00. The van der Waals surface area contributed by atoms with E-state index in [9.17, 15) is 17.6 Å². The largest absolute Gasteiger partial charge is 0.443 e. The Morgan fingerprint density at radius 3 is 2.20 bits per heavy atom. The maximum atomic E-state index is 11.9. The molecule has 0 amide bonds. The summed E-state index contributed by atoms with van der Waals surface area (Å²) in [5, 5.41) is -2.07. The molecule has 6 heteroatoms. The van der Waals surface area contributed by atoms with E-state index in [1.165, 1.54) is 0 Å². The Morgan fingerprint density at radius 1 is 1.40 bits per heavy atom. The minimum Gasteiger partial charge on any atom is -0.237 e. The molecular weight excluding hydrogens is 170 g/mol. The van der Waals surface area contributed by atoms with Crippen molar-refractivity contribution in [2.24, 2.45) is 0 Å². The van der Waals surface area contributed by atoms with Gasteiger partial charge in [-0.1, -0.05) is 11.3 Å². The number of alkyl halides is 3. The van der Waals surface area contributed by atoms with Crippen LogP contribution in [0, 0.1) is 5.13 Å². The quantitative estimate of drug-likeness (QED) is 0.546. The van der Waals surface area contributed by atoms with Crippen LogP contribution in [0.4, 0.5) is 17.6 Å². The summed E-state index contributed by atoms with van der Waals surface area (Å²) in [4.78, 5) is 2.81. The van der Waals surface area contributed by atoms with Crippen LogP contribution in [-0.2, 0) is 6.18 Å². The second-order valence-corrected chi connectivity index (χ2v) is 2.45. The molecule has 10 heavy (non-hydrogen) atoms. The Morgan fingerprint density at radius 2 is 2.00 bits per heavy atom. The van der Waals surface area contributed by atoms with Crippen molar-refractivity contribution in [3.63, 3.8) is 0 Å². The van der Waals surface area contributed by atoms with E-state index in [1.807, 2.05) is 0 Å². The molecule has 0 bridgehead atoms. The summed E-state index contributed by atoms with van der Waals surface area (Å²) >= 11 is -0.00810. The number of hydrogen-bond donors (Lipinski definition) is 0. The molecular formula is C4HF4NS. The van der Waals surface area contributed by atoms with E-state index in [-0.39, 0.29) is 11.3 Å². The van der Waals surface area contributed by atoms with Crippen molar-refractivity contribution in [3.8, 4) is 0 Å². The molecule has 0 aliphatic carbocycles. The lowest BCUT2D eigenvalue weighted by Crippen LogP contribution is -2.02. The molecule has 0 saturated carbocycles. The summed E-state index contributed by atoms with van der Waals surface area (Å²) in [6, 6.07) is 0. The van der Waals surface area contributed by atoms with E-state index >= 15 is 0 Å². The van der Waals surface area contributed by atoms with Gasteiger partial charge in [0.2, 0.25) is 5.01 Å². The summed E-state index contributed by atoms with van der Waals surface area (Å²) in [5.74, 6) is 0. The Kier molecular flexibility index (Phi) is 1.63. The van der Waals surface area contributed by atoms with Gasteiger partial charge in [-0.25, -0.2) is 4.98 Å². The van der Waals surface area contributed by atoms with Gasteiger partial charge in [0.15, 0.2) is 5.13 Å². The van der Waals surface area contributed by atoms with Crippen molar-refractivity contribution in [1.29, 1.82) is 0 Å². The zero-order chi connectivity index (χ0) is 7.78. The molecule has 1 heterocycles. The topological polar surface area (TPSA) is 12.9 Å². The van der Waals surface area contributed by atoms with Crippen molar-refractivity contribution < 1.29 is 17.6 Å². The monoisotopic (exact) mass is 171 g/mol. The summed E-state index contributed by atoms with van der Waals surface area (Å²) < 4.78 is 46.7. The van der Waals surface area contributed by atoms with Crippen LogP contribution in [0.1, 0.15) is 5.01 Å². The van der Waals surface area contributed by atoms with Crippen LogP contribution in [0.15, 0.2) is 6.20 Å². The molecule has 0 saturated heterocycles. The van der Waals surface area contributed by atoms with E-state index in [2.05, 4.69) is 4.98 Å². The maximum Gasteiger partial charge on any atom is 0.443 e. The molecule has 1 aromatic heterocycles. The van der Waals surface area contributed by atoms with Crippen LogP contribution in [0.3, 0.4) is 0 Å². The summed E-state index contributed by atoms with van der Waals surface area (Å²) in [6.45, 7) is 0. The van der Waals surface area contributed by atoms with Gasteiger partial charge in [0.25, 0.3) is 0 Å². The van der Waals surface area contributed by atoms with Gasteiger partial charge in [0, 0.05) is 0 Å². The van der Waals surface area contributed by atoms with E-state index < -0.39 is 16.3 Å². The average molecular weight is 171 g/mol. The summed E-state index contributed by atoms with van der Waals surface area (Å²) in [7, 11) is 0. The van der Waals surface area contributed by atoms with Crippen LogP contribution in [0.25, 0.3) is 0 Å². The fourth-order valence-corrected chi connectivity index (χ4v) is 0.897. The predicted molar refractivity (Wildman–Crippen MR) is 27.1 cm³/mol. The third-order valence-electron chi connectivity index (χ3n) is 0.720. The second-order valence-electron chi connectivity index (χ2n) is 1.47. The Balaban J connectivity index is 2.96. The first kappa shape index (κ1) is 7.46. The Hall–Kier alpha value is -0.650. The Bertz CT molecular complexity index is 227. The highest BCUT2D eigenvalue weighted by atomic mass is 32.1. The second kappa shape index (κ2) is 2.19. The number of nitrogens with zero attached hydrogens (tertiary/aromatic N) is 1. The SMILES string of the molecule is Fc1cnc(C(F)(F)F)s1. The van der Waals surface area contributed by atoms with Gasteiger partial charge in [-0.05, 0) is 0 Å². The van der Waals surface area contributed by atoms with Crippen LogP contribution in [-0.4, -0.2) is 4.98 Å². The normalized spacial score (nSPS) is 12.0. The molecule has 0 spiro atoms. The molecule has 0 aromatic carbocycles. The lowest BCUT2D eigenvalue weighted by atomic mass is 10.7. The minimum atomic E-state index is -4.52. The number of hydrogen-bond acceptors (Lipinski definition) is 2. The smallest absolute Gasteiger partial charge is 0.237 e. The predicted octanol–water partition coefficient (Wildman–Crippen LogP) is 2.30. The fraction of sp³-hybridized carbons (Fsp3) is 0.250. The minimum absolute atomic E-state index is 0.00810. The highest BCUT2D eigenvalue weighted by molar-refractivity contribution is 7.10. The maximum absolute atomic E-state index is 11.9. The summed E-state index contributed by atoms with van der Waals surface area (Å²) in [6.07, 6.45) is -3.97. The molecule has 0 unspecified atom stereocenters. The molecule has 0 aliphatic heterocycles. The molecule has 0 fully saturated rings. The molecule has 1 aromatic rings. The van der Waals surface area contributed by atoms with Crippen LogP contribution in [0.2, 0.25) is 0 Å². The fourth-order valence-electron chi connectivity index (χ4n) is 0.385.